The highest BCUT2D eigenvalue weighted by atomic mass is 32.2. The van der Waals surface area contributed by atoms with Crippen LogP contribution >= 0.6 is 0 Å². The van der Waals surface area contributed by atoms with E-state index in [1.165, 1.54) is 0 Å². The first-order valence-electron chi connectivity index (χ1n) is 6.74. The van der Waals surface area contributed by atoms with Gasteiger partial charge in [0.15, 0.2) is 4.90 Å². The first-order chi connectivity index (χ1) is 9.81. The highest BCUT2D eigenvalue weighted by Crippen LogP contribution is 2.49. The lowest BCUT2D eigenvalue weighted by atomic mass is 10.0. The van der Waals surface area contributed by atoms with E-state index in [9.17, 15) is 22.9 Å². The van der Waals surface area contributed by atoms with Gasteiger partial charge < -0.3 is 0 Å². The summed E-state index contributed by atoms with van der Waals surface area (Å²) in [5.74, 6) is -1.16. The summed E-state index contributed by atoms with van der Waals surface area (Å²) in [5.41, 5.74) is -1.05. The molecule has 1 aliphatic rings. The van der Waals surface area contributed by atoms with E-state index in [0.717, 1.165) is 43.9 Å². The quantitative estimate of drug-likeness (QED) is 0.618. The summed E-state index contributed by atoms with van der Waals surface area (Å²) in [7, 11) is -4.10. The van der Waals surface area contributed by atoms with Gasteiger partial charge in [-0.2, -0.15) is 4.39 Å². The number of nitro groups is 1. The Kier molecular flexibility index (Phi) is 4.29. The molecule has 0 aromatic heterocycles. The number of halogens is 1. The Morgan fingerprint density at radius 1 is 1.43 bits per heavy atom. The number of rotatable bonds is 7. The Morgan fingerprint density at radius 2 is 2.10 bits per heavy atom. The number of para-hydroxylation sites is 1. The van der Waals surface area contributed by atoms with Crippen LogP contribution in [-0.2, 0) is 10.0 Å². The standard InChI is InChI=1S/C13H17FN2O4S/c1-2-6-13(7-8-13)9-15-21(19,20)11-5-3-4-10(14)12(11)16(17)18/h3-5,15H,2,6-9H2,1H3. The van der Waals surface area contributed by atoms with Crippen molar-refractivity contribution in [1.82, 2.24) is 4.72 Å². The molecule has 0 aliphatic heterocycles. The third-order valence-electron chi connectivity index (χ3n) is 3.80. The highest BCUT2D eigenvalue weighted by Gasteiger charge is 2.42. The molecule has 0 saturated heterocycles. The summed E-state index contributed by atoms with van der Waals surface area (Å²) in [6.45, 7) is 2.25. The minimum atomic E-state index is -4.10. The number of benzene rings is 1. The van der Waals surface area contributed by atoms with Gasteiger partial charge in [0.1, 0.15) is 0 Å². The van der Waals surface area contributed by atoms with Gasteiger partial charge in [0, 0.05) is 6.54 Å². The summed E-state index contributed by atoms with van der Waals surface area (Å²) in [4.78, 5) is 9.24. The lowest BCUT2D eigenvalue weighted by Crippen LogP contribution is -2.31. The first-order valence-corrected chi connectivity index (χ1v) is 8.22. The Labute approximate surface area is 122 Å². The molecule has 1 aromatic carbocycles. The van der Waals surface area contributed by atoms with Crippen LogP contribution < -0.4 is 4.72 Å². The van der Waals surface area contributed by atoms with Crippen molar-refractivity contribution in [3.8, 4) is 0 Å². The predicted octanol–water partition coefficient (Wildman–Crippen LogP) is 2.59. The minimum absolute atomic E-state index is 0.0378. The fraction of sp³-hybridized carbons (Fsp3) is 0.538. The Morgan fingerprint density at radius 3 is 2.62 bits per heavy atom. The van der Waals surface area contributed by atoms with Crippen molar-refractivity contribution in [2.24, 2.45) is 5.41 Å². The molecule has 0 amide bonds. The molecular weight excluding hydrogens is 299 g/mol. The zero-order chi connectivity index (χ0) is 15.7. The summed E-state index contributed by atoms with van der Waals surface area (Å²) >= 11 is 0. The summed E-state index contributed by atoms with van der Waals surface area (Å²) in [5, 5.41) is 10.9. The molecule has 1 N–H and O–H groups in total. The summed E-state index contributed by atoms with van der Waals surface area (Å²) < 4.78 is 40.3. The second-order valence-electron chi connectivity index (χ2n) is 5.42. The number of nitro benzene ring substituents is 1. The van der Waals surface area contributed by atoms with Crippen LogP contribution in [0.3, 0.4) is 0 Å². The average molecular weight is 316 g/mol. The largest absolute Gasteiger partial charge is 0.324 e. The lowest BCUT2D eigenvalue weighted by Gasteiger charge is -2.15. The van der Waals surface area contributed by atoms with Crippen LogP contribution in [0, 0.1) is 21.3 Å². The van der Waals surface area contributed by atoms with Crippen LogP contribution in [0.25, 0.3) is 0 Å². The van der Waals surface area contributed by atoms with E-state index >= 15 is 0 Å². The predicted molar refractivity (Wildman–Crippen MR) is 74.8 cm³/mol. The number of hydrogen-bond donors (Lipinski definition) is 1. The van der Waals surface area contributed by atoms with Crippen LogP contribution in [0.15, 0.2) is 23.1 Å². The molecule has 1 fully saturated rings. The zero-order valence-corrected chi connectivity index (χ0v) is 12.5. The third kappa shape index (κ3) is 3.38. The topological polar surface area (TPSA) is 89.3 Å². The summed E-state index contributed by atoms with van der Waals surface area (Å²) in [6, 6.07) is 3.06. The fourth-order valence-electron chi connectivity index (χ4n) is 2.44. The molecular formula is C13H17FN2O4S. The van der Waals surface area contributed by atoms with Gasteiger partial charge >= 0.3 is 5.69 Å². The molecule has 0 atom stereocenters. The van der Waals surface area contributed by atoms with Crippen molar-refractivity contribution < 1.29 is 17.7 Å². The molecule has 21 heavy (non-hydrogen) atoms. The van der Waals surface area contributed by atoms with Crippen LogP contribution in [0.4, 0.5) is 10.1 Å². The van der Waals surface area contributed by atoms with E-state index in [-0.39, 0.29) is 12.0 Å². The normalized spacial score (nSPS) is 16.7. The highest BCUT2D eigenvalue weighted by molar-refractivity contribution is 7.89. The third-order valence-corrected chi connectivity index (χ3v) is 5.23. The summed E-state index contributed by atoms with van der Waals surface area (Å²) in [6.07, 6.45) is 3.73. The number of nitrogens with one attached hydrogen (secondary N) is 1. The number of sulfonamides is 1. The van der Waals surface area contributed by atoms with Crippen molar-refractivity contribution in [3.05, 3.63) is 34.1 Å². The van der Waals surface area contributed by atoms with Gasteiger partial charge in [0.05, 0.1) is 4.92 Å². The van der Waals surface area contributed by atoms with Gasteiger partial charge in [-0.15, -0.1) is 0 Å². The van der Waals surface area contributed by atoms with Crippen molar-refractivity contribution >= 4 is 15.7 Å². The molecule has 2 rings (SSSR count). The van der Waals surface area contributed by atoms with Crippen LogP contribution in [0.1, 0.15) is 32.6 Å². The SMILES string of the molecule is CCCC1(CNS(=O)(=O)c2cccc(F)c2[N+](=O)[O-])CC1. The van der Waals surface area contributed by atoms with Crippen LogP contribution in [0.2, 0.25) is 0 Å². The maximum Gasteiger partial charge on any atom is 0.324 e. The van der Waals surface area contributed by atoms with Crippen molar-refractivity contribution in [3.63, 3.8) is 0 Å². The first kappa shape index (κ1) is 15.8. The molecule has 0 radical (unpaired) electrons. The number of hydrogen-bond acceptors (Lipinski definition) is 4. The van der Waals surface area contributed by atoms with Gasteiger partial charge in [-0.1, -0.05) is 19.4 Å². The van der Waals surface area contributed by atoms with E-state index in [2.05, 4.69) is 4.72 Å². The smallest absolute Gasteiger partial charge is 0.258 e. The monoisotopic (exact) mass is 316 g/mol. The van der Waals surface area contributed by atoms with Gasteiger partial charge in [-0.25, -0.2) is 13.1 Å². The Balaban J connectivity index is 2.24. The maximum absolute atomic E-state index is 13.5. The molecule has 1 aliphatic carbocycles. The molecule has 1 aromatic rings. The van der Waals surface area contributed by atoms with Crippen molar-refractivity contribution in [2.45, 2.75) is 37.5 Å². The molecule has 0 spiro atoms. The van der Waals surface area contributed by atoms with Crippen LogP contribution in [-0.4, -0.2) is 19.9 Å². The molecule has 1 saturated carbocycles. The van der Waals surface area contributed by atoms with Gasteiger partial charge in [-0.05, 0) is 36.8 Å². The molecule has 0 heterocycles. The Bertz CT molecular complexity index is 656. The Hall–Kier alpha value is -1.54. The van der Waals surface area contributed by atoms with E-state index < -0.39 is 31.3 Å². The van der Waals surface area contributed by atoms with Crippen LogP contribution in [0.5, 0.6) is 0 Å². The van der Waals surface area contributed by atoms with E-state index in [4.69, 9.17) is 0 Å². The van der Waals surface area contributed by atoms with E-state index in [0.29, 0.717) is 0 Å². The van der Waals surface area contributed by atoms with E-state index in [1.807, 2.05) is 6.92 Å². The van der Waals surface area contributed by atoms with Gasteiger partial charge in [0.2, 0.25) is 15.8 Å². The zero-order valence-electron chi connectivity index (χ0n) is 11.6. The lowest BCUT2D eigenvalue weighted by molar-refractivity contribution is -0.390. The van der Waals surface area contributed by atoms with Gasteiger partial charge in [-0.3, -0.25) is 10.1 Å². The molecule has 116 valence electrons. The molecule has 0 bridgehead atoms. The fourth-order valence-corrected chi connectivity index (χ4v) is 3.77. The number of nitrogens with zero attached hydrogens (tertiary/aromatic N) is 1. The second-order valence-corrected chi connectivity index (χ2v) is 7.15. The van der Waals surface area contributed by atoms with Crippen molar-refractivity contribution in [1.29, 1.82) is 0 Å². The minimum Gasteiger partial charge on any atom is -0.258 e. The molecule has 0 unspecified atom stereocenters. The molecule has 6 nitrogen and oxygen atoms in total. The average Bonchev–Trinajstić information content (AvgIpc) is 3.17. The van der Waals surface area contributed by atoms with Crippen molar-refractivity contribution in [2.75, 3.05) is 6.54 Å². The van der Waals surface area contributed by atoms with E-state index in [1.54, 1.807) is 0 Å². The maximum atomic E-state index is 13.5. The van der Waals surface area contributed by atoms with Gasteiger partial charge in [0.25, 0.3) is 0 Å². The second kappa shape index (κ2) is 5.69. The molecule has 8 heteroatoms.